The first kappa shape index (κ1) is 19.4. The topological polar surface area (TPSA) is 85.1 Å². The Bertz CT molecular complexity index is 788. The van der Waals surface area contributed by atoms with Gasteiger partial charge in [-0.05, 0) is 56.7 Å². The molecule has 2 aliphatic rings. The van der Waals surface area contributed by atoms with E-state index in [0.29, 0.717) is 17.1 Å². The Morgan fingerprint density at radius 3 is 2.79 bits per heavy atom. The van der Waals surface area contributed by atoms with Crippen LogP contribution in [0, 0.1) is 0 Å². The van der Waals surface area contributed by atoms with Gasteiger partial charge >= 0.3 is 0 Å². The van der Waals surface area contributed by atoms with Gasteiger partial charge in [0.15, 0.2) is 0 Å². The summed E-state index contributed by atoms with van der Waals surface area (Å²) in [6.07, 6.45) is 8.45. The molecule has 4 N–H and O–H groups in total. The molecule has 0 bridgehead atoms. The molecule has 1 aliphatic carbocycles. The van der Waals surface area contributed by atoms with E-state index in [1.807, 2.05) is 24.3 Å². The van der Waals surface area contributed by atoms with Gasteiger partial charge < -0.3 is 21.1 Å². The van der Waals surface area contributed by atoms with Gasteiger partial charge in [0.2, 0.25) is 0 Å². The number of nitrogens with two attached hydrogens (primary N) is 1. The fourth-order valence-electron chi connectivity index (χ4n) is 3.89. The number of rotatable bonds is 6. The van der Waals surface area contributed by atoms with Crippen molar-refractivity contribution in [3.05, 3.63) is 35.5 Å². The fraction of sp³-hybridized carbons (Fsp3) is 0.524. The summed E-state index contributed by atoms with van der Waals surface area (Å²) >= 11 is 6.44. The minimum absolute atomic E-state index is 0.273. The van der Waals surface area contributed by atoms with Crippen LogP contribution in [0.25, 0.3) is 11.3 Å². The van der Waals surface area contributed by atoms with Crippen molar-refractivity contribution >= 4 is 23.2 Å². The van der Waals surface area contributed by atoms with Crippen LogP contribution in [-0.2, 0) is 4.74 Å². The van der Waals surface area contributed by atoms with Crippen molar-refractivity contribution in [1.82, 2.24) is 9.97 Å². The molecule has 4 rings (SSSR count). The molecule has 3 heterocycles. The fourth-order valence-corrected chi connectivity index (χ4v) is 4.09. The highest BCUT2D eigenvalue weighted by molar-refractivity contribution is 6.33. The van der Waals surface area contributed by atoms with E-state index in [2.05, 4.69) is 15.6 Å². The molecule has 2 aromatic heterocycles. The Kier molecular flexibility index (Phi) is 6.29. The van der Waals surface area contributed by atoms with Crippen molar-refractivity contribution in [3.63, 3.8) is 0 Å². The Labute approximate surface area is 171 Å². The highest BCUT2D eigenvalue weighted by atomic mass is 35.5. The lowest BCUT2D eigenvalue weighted by Crippen LogP contribution is -2.33. The van der Waals surface area contributed by atoms with Gasteiger partial charge in [0, 0.05) is 37.0 Å². The lowest BCUT2D eigenvalue weighted by molar-refractivity contribution is 0.120. The number of hydrogen-bond acceptors (Lipinski definition) is 6. The average Bonchev–Trinajstić information content (AvgIpc) is 3.23. The molecule has 0 spiro atoms. The average molecular weight is 402 g/mol. The van der Waals surface area contributed by atoms with Gasteiger partial charge in [0.05, 0.1) is 16.8 Å². The summed E-state index contributed by atoms with van der Waals surface area (Å²) < 4.78 is 5.67. The predicted octanol–water partition coefficient (Wildman–Crippen LogP) is 4.07. The molecule has 1 saturated heterocycles. The van der Waals surface area contributed by atoms with E-state index in [1.54, 1.807) is 6.20 Å². The number of pyridine rings is 2. The van der Waals surface area contributed by atoms with Crippen molar-refractivity contribution in [2.75, 3.05) is 23.8 Å². The zero-order chi connectivity index (χ0) is 19.3. The smallest absolute Gasteiger partial charge is 0.126 e. The highest BCUT2D eigenvalue weighted by Gasteiger charge is 2.19. The third kappa shape index (κ3) is 4.93. The number of nitrogens with one attached hydrogen (secondary N) is 2. The normalized spacial score (nSPS) is 24.9. The third-order valence-electron chi connectivity index (χ3n) is 5.54. The minimum atomic E-state index is 0.273. The summed E-state index contributed by atoms with van der Waals surface area (Å²) in [5, 5.41) is 7.51. The first-order valence-corrected chi connectivity index (χ1v) is 10.6. The van der Waals surface area contributed by atoms with Crippen LogP contribution in [0.2, 0.25) is 5.02 Å². The molecule has 1 saturated carbocycles. The van der Waals surface area contributed by atoms with E-state index in [-0.39, 0.29) is 6.10 Å². The molecule has 0 radical (unpaired) electrons. The van der Waals surface area contributed by atoms with E-state index in [1.165, 1.54) is 0 Å². The second kappa shape index (κ2) is 9.07. The maximum Gasteiger partial charge on any atom is 0.126 e. The van der Waals surface area contributed by atoms with Gasteiger partial charge in [-0.2, -0.15) is 0 Å². The molecule has 7 heteroatoms. The molecule has 2 aromatic rings. The summed E-state index contributed by atoms with van der Waals surface area (Å²) in [5.41, 5.74) is 7.72. The Morgan fingerprint density at radius 1 is 1.14 bits per heavy atom. The Balaban J connectivity index is 1.46. The molecular weight excluding hydrogens is 374 g/mol. The molecule has 28 heavy (non-hydrogen) atoms. The minimum Gasteiger partial charge on any atom is -0.376 e. The van der Waals surface area contributed by atoms with E-state index in [0.717, 1.165) is 74.6 Å². The van der Waals surface area contributed by atoms with Crippen LogP contribution in [0.5, 0.6) is 0 Å². The molecule has 2 fully saturated rings. The maximum atomic E-state index is 6.44. The lowest BCUT2D eigenvalue weighted by Gasteiger charge is -2.27. The molecule has 150 valence electrons. The standard InChI is InChI=1S/C21H28ClN5O/c22-18-13-25-21(26-15-8-6-14(23)7-9-15)11-17(18)19-4-1-5-20(27-19)24-12-16-3-2-10-28-16/h1,4-5,11,13-16H,2-3,6-10,12,23H2,(H,24,27)(H,25,26)/t14?,15?,16-/m0/s1. The quantitative estimate of drug-likeness (QED) is 0.676. The van der Waals surface area contributed by atoms with Crippen LogP contribution < -0.4 is 16.4 Å². The monoisotopic (exact) mass is 401 g/mol. The van der Waals surface area contributed by atoms with E-state index in [4.69, 9.17) is 27.1 Å². The summed E-state index contributed by atoms with van der Waals surface area (Å²) in [6.45, 7) is 1.63. The van der Waals surface area contributed by atoms with Crippen molar-refractivity contribution < 1.29 is 4.74 Å². The molecule has 0 unspecified atom stereocenters. The summed E-state index contributed by atoms with van der Waals surface area (Å²) in [6, 6.07) is 8.67. The predicted molar refractivity (Wildman–Crippen MR) is 114 cm³/mol. The molecule has 1 aliphatic heterocycles. The molecule has 0 amide bonds. The van der Waals surface area contributed by atoms with Gasteiger partial charge in [-0.15, -0.1) is 0 Å². The molecule has 6 nitrogen and oxygen atoms in total. The number of anilines is 2. The number of ether oxygens (including phenoxy) is 1. The maximum absolute atomic E-state index is 6.44. The number of aromatic nitrogens is 2. The lowest BCUT2D eigenvalue weighted by atomic mass is 9.92. The van der Waals surface area contributed by atoms with Crippen LogP contribution >= 0.6 is 11.6 Å². The highest BCUT2D eigenvalue weighted by Crippen LogP contribution is 2.30. The van der Waals surface area contributed by atoms with Crippen molar-refractivity contribution in [1.29, 1.82) is 0 Å². The second-order valence-corrected chi connectivity index (χ2v) is 8.14. The van der Waals surface area contributed by atoms with Crippen LogP contribution in [0.1, 0.15) is 38.5 Å². The number of halogens is 1. The van der Waals surface area contributed by atoms with Crippen LogP contribution in [-0.4, -0.2) is 41.3 Å². The largest absolute Gasteiger partial charge is 0.376 e. The zero-order valence-corrected chi connectivity index (χ0v) is 16.8. The van der Waals surface area contributed by atoms with Gasteiger partial charge in [0.25, 0.3) is 0 Å². The van der Waals surface area contributed by atoms with Gasteiger partial charge in [-0.3, -0.25) is 0 Å². The number of nitrogens with zero attached hydrogens (tertiary/aromatic N) is 2. The van der Waals surface area contributed by atoms with Crippen LogP contribution in [0.3, 0.4) is 0 Å². The SMILES string of the molecule is NC1CCC(Nc2cc(-c3cccc(NC[C@@H]4CCCO4)n3)c(Cl)cn2)CC1. The summed E-state index contributed by atoms with van der Waals surface area (Å²) in [7, 11) is 0. The molecule has 1 atom stereocenters. The Morgan fingerprint density at radius 2 is 2.00 bits per heavy atom. The third-order valence-corrected chi connectivity index (χ3v) is 5.84. The van der Waals surface area contributed by atoms with E-state index < -0.39 is 0 Å². The summed E-state index contributed by atoms with van der Waals surface area (Å²) in [4.78, 5) is 9.19. The van der Waals surface area contributed by atoms with Gasteiger partial charge in [0.1, 0.15) is 11.6 Å². The van der Waals surface area contributed by atoms with Crippen LogP contribution in [0.4, 0.5) is 11.6 Å². The molecule has 0 aromatic carbocycles. The Hall–Kier alpha value is -1.89. The van der Waals surface area contributed by atoms with Crippen molar-refractivity contribution in [3.8, 4) is 11.3 Å². The first-order valence-electron chi connectivity index (χ1n) is 10.2. The first-order chi connectivity index (χ1) is 13.7. The zero-order valence-electron chi connectivity index (χ0n) is 16.0. The van der Waals surface area contributed by atoms with E-state index >= 15 is 0 Å². The van der Waals surface area contributed by atoms with E-state index in [9.17, 15) is 0 Å². The van der Waals surface area contributed by atoms with Crippen molar-refractivity contribution in [2.45, 2.75) is 56.7 Å². The van der Waals surface area contributed by atoms with Crippen LogP contribution in [0.15, 0.2) is 30.5 Å². The van der Waals surface area contributed by atoms with Gasteiger partial charge in [-0.1, -0.05) is 17.7 Å². The van der Waals surface area contributed by atoms with Crippen molar-refractivity contribution in [2.24, 2.45) is 5.73 Å². The van der Waals surface area contributed by atoms with Gasteiger partial charge in [-0.25, -0.2) is 9.97 Å². The number of hydrogen-bond donors (Lipinski definition) is 3. The summed E-state index contributed by atoms with van der Waals surface area (Å²) in [5.74, 6) is 1.66. The molecular formula is C21H28ClN5O. The second-order valence-electron chi connectivity index (χ2n) is 7.73.